The third-order valence-corrected chi connectivity index (χ3v) is 6.52. The smallest absolute Gasteiger partial charge is 0.255 e. The minimum absolute atomic E-state index is 0.0154. The number of rotatable bonds is 6. The summed E-state index contributed by atoms with van der Waals surface area (Å²) in [7, 11) is 0. The van der Waals surface area contributed by atoms with Gasteiger partial charge in [-0.05, 0) is 54.4 Å². The van der Waals surface area contributed by atoms with Gasteiger partial charge in [0.15, 0.2) is 0 Å². The van der Waals surface area contributed by atoms with Gasteiger partial charge < -0.3 is 14.6 Å². The predicted octanol–water partition coefficient (Wildman–Crippen LogP) is 6.37. The number of aryl methyl sites for hydroxylation is 1. The van der Waals surface area contributed by atoms with E-state index in [1.54, 1.807) is 17.0 Å². The molecule has 6 heteroatoms. The number of hydrogen-bond acceptors (Lipinski definition) is 3. The van der Waals surface area contributed by atoms with Crippen LogP contribution in [0.15, 0.2) is 89.3 Å². The zero-order valence-electron chi connectivity index (χ0n) is 19.2. The minimum atomic E-state index is -0.0728. The number of carbonyl (C=O) groups excluding carboxylic acids is 2. The molecule has 0 bridgehead atoms. The fourth-order valence-electron chi connectivity index (χ4n) is 4.30. The Morgan fingerprint density at radius 1 is 0.943 bits per heavy atom. The molecule has 1 aliphatic rings. The van der Waals surface area contributed by atoms with Crippen molar-refractivity contribution in [2.24, 2.45) is 0 Å². The summed E-state index contributed by atoms with van der Waals surface area (Å²) in [6.07, 6.45) is 1.79. The Bertz CT molecular complexity index is 1350. The maximum atomic E-state index is 12.9. The molecule has 0 radical (unpaired) electrons. The lowest BCUT2D eigenvalue weighted by Gasteiger charge is -2.26. The zero-order valence-corrected chi connectivity index (χ0v) is 19.9. The Morgan fingerprint density at radius 3 is 2.46 bits per heavy atom. The quantitative estimate of drug-likeness (QED) is 0.346. The van der Waals surface area contributed by atoms with Crippen LogP contribution in [0.3, 0.4) is 0 Å². The molecule has 0 spiro atoms. The summed E-state index contributed by atoms with van der Waals surface area (Å²) in [5, 5.41) is 3.42. The lowest BCUT2D eigenvalue weighted by atomic mass is 10.1. The second-order valence-corrected chi connectivity index (χ2v) is 9.03. The average Bonchev–Trinajstić information content (AvgIpc) is 3.32. The number of anilines is 1. The third-order valence-electron chi connectivity index (χ3n) is 6.19. The van der Waals surface area contributed by atoms with Crippen LogP contribution < -0.4 is 5.32 Å². The summed E-state index contributed by atoms with van der Waals surface area (Å²) in [4.78, 5) is 27.1. The summed E-state index contributed by atoms with van der Waals surface area (Å²) in [5.74, 6) is 1.57. The molecule has 0 saturated heterocycles. The first kappa shape index (κ1) is 22.9. The molecule has 0 atom stereocenters. The van der Waals surface area contributed by atoms with E-state index in [0.717, 1.165) is 33.9 Å². The number of carbonyl (C=O) groups is 2. The largest absolute Gasteiger partial charge is 0.461 e. The van der Waals surface area contributed by atoms with Crippen molar-refractivity contribution in [3.63, 3.8) is 0 Å². The van der Waals surface area contributed by atoms with Crippen LogP contribution in [0.5, 0.6) is 0 Å². The number of furan rings is 1. The van der Waals surface area contributed by atoms with Crippen LogP contribution in [0, 0.1) is 0 Å². The van der Waals surface area contributed by atoms with Gasteiger partial charge in [0.05, 0.1) is 10.6 Å². The van der Waals surface area contributed by atoms with Gasteiger partial charge in [0.25, 0.3) is 5.91 Å². The second-order valence-electron chi connectivity index (χ2n) is 8.63. The topological polar surface area (TPSA) is 62.6 Å². The molecule has 2 amide bonds. The number of nitrogens with one attached hydrogen (secondary N) is 1. The molecule has 5 nitrogen and oxygen atoms in total. The Morgan fingerprint density at radius 2 is 1.69 bits per heavy atom. The van der Waals surface area contributed by atoms with Gasteiger partial charge in [0.1, 0.15) is 11.5 Å². The average molecular weight is 485 g/mol. The Labute approximate surface area is 209 Å². The van der Waals surface area contributed by atoms with Crippen molar-refractivity contribution in [1.82, 2.24) is 4.90 Å². The lowest BCUT2D eigenvalue weighted by Crippen LogP contribution is -2.35. The first-order valence-corrected chi connectivity index (χ1v) is 12.0. The van der Waals surface area contributed by atoms with Crippen LogP contribution in [0.4, 0.5) is 5.69 Å². The fraction of sp³-hybridized carbons (Fsp3) is 0.172. The number of hydrogen-bond donors (Lipinski definition) is 1. The first-order chi connectivity index (χ1) is 17.1. The van der Waals surface area contributed by atoms with Crippen molar-refractivity contribution >= 4 is 29.1 Å². The van der Waals surface area contributed by atoms with Gasteiger partial charge in [0.2, 0.25) is 5.91 Å². The van der Waals surface area contributed by atoms with Crippen LogP contribution >= 0.6 is 11.6 Å². The molecular weight excluding hydrogens is 460 g/mol. The number of fused-ring (bicyclic) bond motifs is 1. The monoisotopic (exact) mass is 484 g/mol. The van der Waals surface area contributed by atoms with E-state index in [2.05, 4.69) is 5.32 Å². The summed E-state index contributed by atoms with van der Waals surface area (Å²) in [6.45, 7) is 1.07. The highest BCUT2D eigenvalue weighted by atomic mass is 35.5. The summed E-state index contributed by atoms with van der Waals surface area (Å²) in [5.41, 5.74) is 4.34. The van der Waals surface area contributed by atoms with Crippen molar-refractivity contribution in [3.8, 4) is 11.3 Å². The Kier molecular flexibility index (Phi) is 6.68. The van der Waals surface area contributed by atoms with Crippen molar-refractivity contribution in [2.45, 2.75) is 25.8 Å². The number of benzene rings is 3. The fourth-order valence-corrected chi connectivity index (χ4v) is 4.51. The molecule has 1 N–H and O–H groups in total. The highest BCUT2D eigenvalue weighted by molar-refractivity contribution is 6.33. The van der Waals surface area contributed by atoms with Gasteiger partial charge in [-0.1, -0.05) is 54.1 Å². The zero-order chi connectivity index (χ0) is 24.2. The lowest BCUT2D eigenvalue weighted by molar-refractivity contribution is -0.116. The van der Waals surface area contributed by atoms with Gasteiger partial charge in [-0.15, -0.1) is 0 Å². The minimum Gasteiger partial charge on any atom is -0.461 e. The molecule has 1 aromatic heterocycles. The summed E-state index contributed by atoms with van der Waals surface area (Å²) in [6, 6.07) is 26.7. The third kappa shape index (κ3) is 5.31. The van der Waals surface area contributed by atoms with Crippen molar-refractivity contribution in [1.29, 1.82) is 0 Å². The van der Waals surface area contributed by atoms with Crippen molar-refractivity contribution < 1.29 is 14.0 Å². The predicted molar refractivity (Wildman–Crippen MR) is 137 cm³/mol. The molecule has 2 heterocycles. The maximum absolute atomic E-state index is 12.9. The van der Waals surface area contributed by atoms with Crippen LogP contribution in [0.1, 0.15) is 33.7 Å². The SMILES string of the molecule is O=C(CCc1ccccc1)Nc1ccc(-c2cc3c(o2)CCN(C(=O)c2ccccc2Cl)C3)cc1. The van der Waals surface area contributed by atoms with E-state index >= 15 is 0 Å². The van der Waals surface area contributed by atoms with Crippen molar-refractivity contribution in [3.05, 3.63) is 112 Å². The van der Waals surface area contributed by atoms with Gasteiger partial charge in [-0.3, -0.25) is 9.59 Å². The van der Waals surface area contributed by atoms with E-state index in [1.807, 2.05) is 72.8 Å². The standard InChI is InChI=1S/C29H25ClN2O3/c30-25-9-5-4-8-24(25)29(34)32-17-16-26-22(19-32)18-27(35-26)21-11-13-23(14-12-21)31-28(33)15-10-20-6-2-1-3-7-20/h1-9,11-14,18H,10,15-17,19H2,(H,31,33). The molecule has 4 aromatic rings. The molecule has 3 aromatic carbocycles. The molecule has 176 valence electrons. The summed E-state index contributed by atoms with van der Waals surface area (Å²) < 4.78 is 6.11. The molecule has 0 aliphatic carbocycles. The molecule has 0 unspecified atom stereocenters. The van der Waals surface area contributed by atoms with E-state index in [9.17, 15) is 9.59 Å². The van der Waals surface area contributed by atoms with E-state index in [-0.39, 0.29) is 11.8 Å². The number of nitrogens with zero attached hydrogens (tertiary/aromatic N) is 1. The van der Waals surface area contributed by atoms with Gasteiger partial charge >= 0.3 is 0 Å². The molecule has 0 fully saturated rings. The highest BCUT2D eigenvalue weighted by Gasteiger charge is 2.26. The van der Waals surface area contributed by atoms with Crippen molar-refractivity contribution in [2.75, 3.05) is 11.9 Å². The van der Waals surface area contributed by atoms with Crippen LogP contribution in [-0.4, -0.2) is 23.3 Å². The molecule has 35 heavy (non-hydrogen) atoms. The van der Waals surface area contributed by atoms with Crippen LogP contribution in [-0.2, 0) is 24.2 Å². The van der Waals surface area contributed by atoms with E-state index in [4.69, 9.17) is 16.0 Å². The highest BCUT2D eigenvalue weighted by Crippen LogP contribution is 2.31. The van der Waals surface area contributed by atoms with Gasteiger partial charge in [0, 0.05) is 42.7 Å². The first-order valence-electron chi connectivity index (χ1n) is 11.7. The van der Waals surface area contributed by atoms with E-state index in [1.165, 1.54) is 0 Å². The molecule has 5 rings (SSSR count). The summed E-state index contributed by atoms with van der Waals surface area (Å²) >= 11 is 6.22. The normalized spacial score (nSPS) is 12.8. The van der Waals surface area contributed by atoms with Gasteiger partial charge in [-0.2, -0.15) is 0 Å². The molecule has 1 aliphatic heterocycles. The maximum Gasteiger partial charge on any atom is 0.255 e. The molecule has 0 saturated carbocycles. The van der Waals surface area contributed by atoms with Crippen LogP contribution in [0.2, 0.25) is 5.02 Å². The number of amides is 2. The number of halogens is 1. The van der Waals surface area contributed by atoms with Crippen LogP contribution in [0.25, 0.3) is 11.3 Å². The van der Waals surface area contributed by atoms with E-state index in [0.29, 0.717) is 42.9 Å². The Balaban J connectivity index is 1.21. The van der Waals surface area contributed by atoms with Gasteiger partial charge in [-0.25, -0.2) is 0 Å². The van der Waals surface area contributed by atoms with E-state index < -0.39 is 0 Å². The Hall–Kier alpha value is -3.83. The second kappa shape index (κ2) is 10.2. The molecular formula is C29H25ClN2O3.